The van der Waals surface area contributed by atoms with Crippen LogP contribution in [0.1, 0.15) is 6.42 Å². The van der Waals surface area contributed by atoms with Crippen LogP contribution in [-0.4, -0.2) is 11.6 Å². The third-order valence-corrected chi connectivity index (χ3v) is 2.73. The van der Waals surface area contributed by atoms with Crippen LogP contribution >= 0.6 is 11.8 Å². The fraction of sp³-hybridized carbons (Fsp3) is 0.375. The molecule has 0 saturated heterocycles. The molecule has 0 radical (unpaired) electrons. The summed E-state index contributed by atoms with van der Waals surface area (Å²) >= 11 is 1.81. The molecular weight excluding hydrogens is 142 g/mol. The van der Waals surface area contributed by atoms with E-state index in [1.165, 1.54) is 0 Å². The molecule has 2 atom stereocenters. The molecule has 0 aromatic rings. The highest BCUT2D eigenvalue weighted by molar-refractivity contribution is 8.03. The first kappa shape index (κ1) is 6.23. The van der Waals surface area contributed by atoms with E-state index in [9.17, 15) is 0 Å². The lowest BCUT2D eigenvalue weighted by atomic mass is 10.1. The minimum absolute atomic E-state index is 0.443. The Morgan fingerprint density at radius 1 is 1.40 bits per heavy atom. The van der Waals surface area contributed by atoms with Gasteiger partial charge >= 0.3 is 0 Å². The molecule has 2 heterocycles. The van der Waals surface area contributed by atoms with E-state index in [4.69, 9.17) is 0 Å². The summed E-state index contributed by atoms with van der Waals surface area (Å²) in [5.74, 6) is 0.559. The standard InChI is InChI=1S/C8H9NS/c1-2-5-9-8-7(3-1)4-6-10-8/h1,3-8H,2H2. The summed E-state index contributed by atoms with van der Waals surface area (Å²) in [5.41, 5.74) is 0. The molecule has 0 aromatic carbocycles. The Labute approximate surface area is 64.9 Å². The van der Waals surface area contributed by atoms with Gasteiger partial charge in [0.05, 0.1) is 0 Å². The highest BCUT2D eigenvalue weighted by Crippen LogP contribution is 2.32. The number of aliphatic imine (C=N–C) groups is 1. The van der Waals surface area contributed by atoms with E-state index < -0.39 is 0 Å². The molecule has 0 saturated carbocycles. The first-order chi connectivity index (χ1) is 4.97. The second-order valence-corrected chi connectivity index (χ2v) is 3.46. The fourth-order valence-electron chi connectivity index (χ4n) is 1.16. The number of rotatable bonds is 0. The fourth-order valence-corrected chi connectivity index (χ4v) is 2.11. The third kappa shape index (κ3) is 1.03. The van der Waals surface area contributed by atoms with Gasteiger partial charge in [0.2, 0.25) is 0 Å². The first-order valence-corrected chi connectivity index (χ1v) is 4.41. The van der Waals surface area contributed by atoms with Crippen LogP contribution in [0, 0.1) is 5.92 Å². The number of allylic oxidation sites excluding steroid dienone is 1. The number of thioether (sulfide) groups is 1. The van der Waals surface area contributed by atoms with Crippen LogP contribution in [0.4, 0.5) is 0 Å². The van der Waals surface area contributed by atoms with Gasteiger partial charge in [-0.05, 0) is 5.41 Å². The summed E-state index contributed by atoms with van der Waals surface area (Å²) in [5, 5.41) is 2.58. The smallest absolute Gasteiger partial charge is 0.108 e. The Balaban J connectivity index is 2.22. The second-order valence-electron chi connectivity index (χ2n) is 2.43. The van der Waals surface area contributed by atoms with E-state index in [0.29, 0.717) is 11.3 Å². The van der Waals surface area contributed by atoms with Crippen molar-refractivity contribution in [3.8, 4) is 0 Å². The molecular formula is C8H9NS. The molecule has 2 aliphatic rings. The SMILES string of the molecule is C1=CC2C=CSC2N=CC1. The lowest BCUT2D eigenvalue weighted by molar-refractivity contribution is 0.789. The second kappa shape index (κ2) is 2.62. The topological polar surface area (TPSA) is 12.4 Å². The molecule has 0 bridgehead atoms. The third-order valence-electron chi connectivity index (χ3n) is 1.70. The van der Waals surface area contributed by atoms with Crippen LogP contribution in [-0.2, 0) is 0 Å². The zero-order valence-electron chi connectivity index (χ0n) is 5.60. The first-order valence-electron chi connectivity index (χ1n) is 3.47. The summed E-state index contributed by atoms with van der Waals surface area (Å²) in [7, 11) is 0. The minimum Gasteiger partial charge on any atom is -0.282 e. The Hall–Kier alpha value is -0.500. The van der Waals surface area contributed by atoms with Gasteiger partial charge in [0.15, 0.2) is 0 Å². The van der Waals surface area contributed by atoms with Crippen molar-refractivity contribution in [2.24, 2.45) is 10.9 Å². The molecule has 2 heteroatoms. The summed E-state index contributed by atoms with van der Waals surface area (Å²) in [6.07, 6.45) is 9.65. The van der Waals surface area contributed by atoms with Crippen molar-refractivity contribution in [3.63, 3.8) is 0 Å². The molecule has 2 unspecified atom stereocenters. The minimum atomic E-state index is 0.443. The molecule has 0 aromatic heterocycles. The van der Waals surface area contributed by atoms with Gasteiger partial charge < -0.3 is 0 Å². The van der Waals surface area contributed by atoms with Gasteiger partial charge in [-0.1, -0.05) is 18.2 Å². The van der Waals surface area contributed by atoms with Gasteiger partial charge in [0, 0.05) is 18.6 Å². The molecule has 10 heavy (non-hydrogen) atoms. The molecule has 1 nitrogen and oxygen atoms in total. The average Bonchev–Trinajstić information content (AvgIpc) is 2.28. The summed E-state index contributed by atoms with van der Waals surface area (Å²) in [6.45, 7) is 0. The van der Waals surface area contributed by atoms with Gasteiger partial charge in [-0.3, -0.25) is 4.99 Å². The Morgan fingerprint density at radius 3 is 3.40 bits per heavy atom. The van der Waals surface area contributed by atoms with E-state index in [1.54, 1.807) is 0 Å². The quantitative estimate of drug-likeness (QED) is 0.483. The molecule has 0 aliphatic carbocycles. The zero-order valence-corrected chi connectivity index (χ0v) is 6.42. The van der Waals surface area contributed by atoms with Crippen molar-refractivity contribution in [1.82, 2.24) is 0 Å². The van der Waals surface area contributed by atoms with Crippen molar-refractivity contribution in [1.29, 1.82) is 0 Å². The van der Waals surface area contributed by atoms with E-state index in [-0.39, 0.29) is 0 Å². The summed E-state index contributed by atoms with van der Waals surface area (Å²) < 4.78 is 0. The largest absolute Gasteiger partial charge is 0.282 e. The maximum Gasteiger partial charge on any atom is 0.108 e. The van der Waals surface area contributed by atoms with Crippen LogP contribution in [0.5, 0.6) is 0 Å². The van der Waals surface area contributed by atoms with Crippen LogP contribution in [0.15, 0.2) is 28.6 Å². The predicted octanol–water partition coefficient (Wildman–Crippen LogP) is 2.22. The number of hydrogen-bond acceptors (Lipinski definition) is 2. The zero-order chi connectivity index (χ0) is 6.81. The van der Waals surface area contributed by atoms with Crippen molar-refractivity contribution < 1.29 is 0 Å². The number of hydrogen-bond donors (Lipinski definition) is 0. The van der Waals surface area contributed by atoms with E-state index >= 15 is 0 Å². The molecule has 0 spiro atoms. The van der Waals surface area contributed by atoms with Gasteiger partial charge in [0.25, 0.3) is 0 Å². The van der Waals surface area contributed by atoms with Crippen LogP contribution in [0.25, 0.3) is 0 Å². The van der Waals surface area contributed by atoms with Crippen molar-refractivity contribution in [3.05, 3.63) is 23.6 Å². The van der Waals surface area contributed by atoms with Crippen LogP contribution in [0.3, 0.4) is 0 Å². The maximum atomic E-state index is 4.40. The molecule has 0 amide bonds. The lowest BCUT2D eigenvalue weighted by Crippen LogP contribution is -2.03. The Bertz CT molecular complexity index is 205. The monoisotopic (exact) mass is 151 g/mol. The molecule has 52 valence electrons. The van der Waals surface area contributed by atoms with Gasteiger partial charge in [-0.15, -0.1) is 11.8 Å². The average molecular weight is 151 g/mol. The van der Waals surface area contributed by atoms with E-state index in [0.717, 1.165) is 6.42 Å². The summed E-state index contributed by atoms with van der Waals surface area (Å²) in [6, 6.07) is 0. The Morgan fingerprint density at radius 2 is 2.40 bits per heavy atom. The molecule has 0 fully saturated rings. The van der Waals surface area contributed by atoms with Gasteiger partial charge in [0.1, 0.15) is 5.37 Å². The van der Waals surface area contributed by atoms with Crippen molar-refractivity contribution in [2.45, 2.75) is 11.8 Å². The normalized spacial score (nSPS) is 36.0. The van der Waals surface area contributed by atoms with Crippen molar-refractivity contribution >= 4 is 18.0 Å². The van der Waals surface area contributed by atoms with Gasteiger partial charge in [-0.25, -0.2) is 0 Å². The highest BCUT2D eigenvalue weighted by atomic mass is 32.2. The van der Waals surface area contributed by atoms with Gasteiger partial charge in [-0.2, -0.15) is 0 Å². The summed E-state index contributed by atoms with van der Waals surface area (Å²) in [4.78, 5) is 4.40. The lowest BCUT2D eigenvalue weighted by Gasteiger charge is -2.06. The molecule has 2 rings (SSSR count). The highest BCUT2D eigenvalue weighted by Gasteiger charge is 2.20. The predicted molar refractivity (Wildman–Crippen MR) is 46.3 cm³/mol. The van der Waals surface area contributed by atoms with Crippen molar-refractivity contribution in [2.75, 3.05) is 0 Å². The molecule has 2 aliphatic heterocycles. The van der Waals surface area contributed by atoms with E-state index in [1.807, 2.05) is 18.0 Å². The van der Waals surface area contributed by atoms with Crippen LogP contribution in [0.2, 0.25) is 0 Å². The van der Waals surface area contributed by atoms with Crippen LogP contribution < -0.4 is 0 Å². The number of fused-ring (bicyclic) bond motifs is 1. The van der Waals surface area contributed by atoms with E-state index in [2.05, 4.69) is 28.6 Å². The Kier molecular flexibility index (Phi) is 1.63. The maximum absolute atomic E-state index is 4.40. The molecule has 0 N–H and O–H groups in total. The number of nitrogens with zero attached hydrogens (tertiary/aromatic N) is 1.